The van der Waals surface area contributed by atoms with Gasteiger partial charge in [0.2, 0.25) is 0 Å². The van der Waals surface area contributed by atoms with Crippen LogP contribution < -0.4 is 0 Å². The van der Waals surface area contributed by atoms with E-state index < -0.39 is 0 Å². The van der Waals surface area contributed by atoms with Crippen LogP contribution in [-0.2, 0) is 0 Å². The second kappa shape index (κ2) is 4.79. The number of rotatable bonds is 1. The lowest BCUT2D eigenvalue weighted by Crippen LogP contribution is -1.81. The Bertz CT molecular complexity index is 489. The number of aliphatic hydroxyl groups is 1. The summed E-state index contributed by atoms with van der Waals surface area (Å²) in [4.78, 5) is 1.21. The van der Waals surface area contributed by atoms with E-state index in [1.54, 1.807) is 11.3 Å². The third-order valence-corrected chi connectivity index (χ3v) is 2.92. The van der Waals surface area contributed by atoms with Crippen molar-refractivity contribution in [2.24, 2.45) is 0 Å². The molecule has 0 aliphatic carbocycles. The molecule has 0 aliphatic rings. The Labute approximate surface area is 93.0 Å². The fourth-order valence-corrected chi connectivity index (χ4v) is 2.14. The van der Waals surface area contributed by atoms with Gasteiger partial charge in [-0.3, -0.25) is 0 Å². The first-order valence-corrected chi connectivity index (χ1v) is 5.52. The van der Waals surface area contributed by atoms with E-state index in [-0.39, 0.29) is 6.61 Å². The first-order chi connectivity index (χ1) is 7.42. The van der Waals surface area contributed by atoms with E-state index in [1.165, 1.54) is 4.88 Å². The number of hydrogen-bond donors (Lipinski definition) is 1. The minimum Gasteiger partial charge on any atom is -0.384 e. The van der Waals surface area contributed by atoms with Gasteiger partial charge in [-0.1, -0.05) is 36.1 Å². The van der Waals surface area contributed by atoms with Crippen molar-refractivity contribution in [1.82, 2.24) is 0 Å². The smallest absolute Gasteiger partial charge is 0.104 e. The highest BCUT2D eigenvalue weighted by Crippen LogP contribution is 2.27. The van der Waals surface area contributed by atoms with E-state index >= 15 is 0 Å². The second-order valence-electron chi connectivity index (χ2n) is 2.98. The van der Waals surface area contributed by atoms with Gasteiger partial charge in [0.1, 0.15) is 6.61 Å². The lowest BCUT2D eigenvalue weighted by atomic mass is 10.1. The molecule has 2 rings (SSSR count). The number of aliphatic hydroxyl groups excluding tert-OH is 1. The molecule has 0 aliphatic heterocycles. The van der Waals surface area contributed by atoms with Crippen LogP contribution in [0.1, 0.15) is 5.56 Å². The summed E-state index contributed by atoms with van der Waals surface area (Å²) < 4.78 is 0. The molecular formula is C13H10OS. The molecule has 1 N–H and O–H groups in total. The molecule has 2 aromatic rings. The molecule has 0 bridgehead atoms. The summed E-state index contributed by atoms with van der Waals surface area (Å²) in [6, 6.07) is 12.1. The van der Waals surface area contributed by atoms with Crippen LogP contribution in [0.3, 0.4) is 0 Å². The molecule has 0 amide bonds. The van der Waals surface area contributed by atoms with Crippen molar-refractivity contribution >= 4 is 11.3 Å². The van der Waals surface area contributed by atoms with E-state index in [0.717, 1.165) is 11.1 Å². The molecule has 0 saturated heterocycles. The van der Waals surface area contributed by atoms with Crippen molar-refractivity contribution in [3.63, 3.8) is 0 Å². The predicted octanol–water partition coefficient (Wildman–Crippen LogP) is 2.76. The number of hydrogen-bond acceptors (Lipinski definition) is 2. The maximum Gasteiger partial charge on any atom is 0.104 e. The fourth-order valence-electron chi connectivity index (χ4n) is 1.37. The lowest BCUT2D eigenvalue weighted by molar-refractivity contribution is 0.350. The maximum atomic E-state index is 8.68. The highest BCUT2D eigenvalue weighted by molar-refractivity contribution is 7.13. The Hall–Kier alpha value is -1.56. The SMILES string of the molecule is OCC#Cc1ccccc1-c1cccs1. The maximum absolute atomic E-state index is 8.68. The molecule has 0 radical (unpaired) electrons. The zero-order valence-corrected chi connectivity index (χ0v) is 8.92. The summed E-state index contributed by atoms with van der Waals surface area (Å²) in [6.07, 6.45) is 0. The average Bonchev–Trinajstić information content (AvgIpc) is 2.80. The van der Waals surface area contributed by atoms with Gasteiger partial charge in [0.05, 0.1) is 0 Å². The van der Waals surface area contributed by atoms with Crippen LogP contribution in [0.2, 0.25) is 0 Å². The highest BCUT2D eigenvalue weighted by Gasteiger charge is 2.02. The van der Waals surface area contributed by atoms with Crippen LogP contribution in [0.25, 0.3) is 10.4 Å². The van der Waals surface area contributed by atoms with Gasteiger partial charge in [-0.05, 0) is 17.5 Å². The number of benzene rings is 1. The van der Waals surface area contributed by atoms with E-state index in [1.807, 2.05) is 35.7 Å². The average molecular weight is 214 g/mol. The van der Waals surface area contributed by atoms with Crippen LogP contribution in [-0.4, -0.2) is 11.7 Å². The summed E-state index contributed by atoms with van der Waals surface area (Å²) in [5.74, 6) is 5.63. The topological polar surface area (TPSA) is 20.2 Å². The van der Waals surface area contributed by atoms with E-state index in [4.69, 9.17) is 5.11 Å². The van der Waals surface area contributed by atoms with Gasteiger partial charge in [-0.2, -0.15) is 0 Å². The summed E-state index contributed by atoms with van der Waals surface area (Å²) >= 11 is 1.69. The molecule has 1 heterocycles. The zero-order valence-electron chi connectivity index (χ0n) is 8.10. The van der Waals surface area contributed by atoms with Crippen molar-refractivity contribution in [1.29, 1.82) is 0 Å². The Morgan fingerprint density at radius 2 is 2.00 bits per heavy atom. The Morgan fingerprint density at radius 1 is 1.13 bits per heavy atom. The highest BCUT2D eigenvalue weighted by atomic mass is 32.1. The monoisotopic (exact) mass is 214 g/mol. The van der Waals surface area contributed by atoms with Crippen LogP contribution in [0.15, 0.2) is 41.8 Å². The first-order valence-electron chi connectivity index (χ1n) is 4.64. The van der Waals surface area contributed by atoms with Crippen molar-refractivity contribution in [3.8, 4) is 22.3 Å². The van der Waals surface area contributed by atoms with Crippen LogP contribution in [0, 0.1) is 11.8 Å². The Kier molecular flexibility index (Phi) is 3.18. The van der Waals surface area contributed by atoms with Crippen molar-refractivity contribution < 1.29 is 5.11 Å². The minimum atomic E-state index is -0.0984. The van der Waals surface area contributed by atoms with Gasteiger partial charge in [0.15, 0.2) is 0 Å². The molecule has 15 heavy (non-hydrogen) atoms. The van der Waals surface area contributed by atoms with Crippen LogP contribution >= 0.6 is 11.3 Å². The van der Waals surface area contributed by atoms with Crippen LogP contribution in [0.5, 0.6) is 0 Å². The molecule has 0 saturated carbocycles. The molecule has 1 aromatic heterocycles. The van der Waals surface area contributed by atoms with Gasteiger partial charge in [0.25, 0.3) is 0 Å². The summed E-state index contributed by atoms with van der Waals surface area (Å²) in [6.45, 7) is -0.0984. The van der Waals surface area contributed by atoms with E-state index in [9.17, 15) is 0 Å². The van der Waals surface area contributed by atoms with E-state index in [0.29, 0.717) is 0 Å². The molecule has 2 heteroatoms. The lowest BCUT2D eigenvalue weighted by Gasteiger charge is -2.00. The normalized spacial score (nSPS) is 9.40. The van der Waals surface area contributed by atoms with Crippen LogP contribution in [0.4, 0.5) is 0 Å². The van der Waals surface area contributed by atoms with Gasteiger partial charge in [-0.15, -0.1) is 11.3 Å². The van der Waals surface area contributed by atoms with Gasteiger partial charge < -0.3 is 5.11 Å². The molecule has 1 nitrogen and oxygen atoms in total. The molecule has 0 atom stereocenters. The minimum absolute atomic E-state index is 0.0984. The third kappa shape index (κ3) is 2.27. The van der Waals surface area contributed by atoms with Gasteiger partial charge >= 0.3 is 0 Å². The summed E-state index contributed by atoms with van der Waals surface area (Å²) in [5, 5.41) is 10.7. The van der Waals surface area contributed by atoms with E-state index in [2.05, 4.69) is 17.9 Å². The van der Waals surface area contributed by atoms with Crippen molar-refractivity contribution in [2.45, 2.75) is 0 Å². The second-order valence-corrected chi connectivity index (χ2v) is 3.93. The standard InChI is InChI=1S/C13H10OS/c14-9-3-6-11-5-1-2-7-12(11)13-8-4-10-15-13/h1-2,4-5,7-8,10,14H,9H2. The third-order valence-electron chi connectivity index (χ3n) is 2.02. The van der Waals surface area contributed by atoms with Gasteiger partial charge in [0, 0.05) is 16.0 Å². The fraction of sp³-hybridized carbons (Fsp3) is 0.0769. The molecule has 0 fully saturated rings. The summed E-state index contributed by atoms with van der Waals surface area (Å²) in [5.41, 5.74) is 2.10. The van der Waals surface area contributed by atoms with Crippen molar-refractivity contribution in [2.75, 3.05) is 6.61 Å². The first kappa shape index (κ1) is 9.97. The predicted molar refractivity (Wildman–Crippen MR) is 63.7 cm³/mol. The van der Waals surface area contributed by atoms with Crippen molar-refractivity contribution in [3.05, 3.63) is 47.3 Å². The number of thiophene rings is 1. The molecule has 0 unspecified atom stereocenters. The Balaban J connectivity index is 2.47. The Morgan fingerprint density at radius 3 is 2.73 bits per heavy atom. The summed E-state index contributed by atoms with van der Waals surface area (Å²) in [7, 11) is 0. The quantitative estimate of drug-likeness (QED) is 0.724. The molecule has 74 valence electrons. The van der Waals surface area contributed by atoms with Gasteiger partial charge in [-0.25, -0.2) is 0 Å². The molecule has 0 spiro atoms. The zero-order chi connectivity index (χ0) is 10.5. The molecular weight excluding hydrogens is 204 g/mol. The molecule has 1 aromatic carbocycles. The largest absolute Gasteiger partial charge is 0.384 e.